The van der Waals surface area contributed by atoms with Gasteiger partial charge in [0, 0.05) is 0 Å². The van der Waals surface area contributed by atoms with E-state index in [9.17, 15) is 137 Å². The van der Waals surface area contributed by atoms with Gasteiger partial charge in [0.1, 0.15) is 109 Å². The van der Waals surface area contributed by atoms with E-state index in [0.29, 0.717) is 0 Å². The number of phosphoric ester groups is 4. The molecule has 4 fully saturated rings. The molecule has 0 aliphatic carbocycles. The Bertz CT molecular complexity index is 3570. The zero-order chi connectivity index (χ0) is 71.4. The minimum absolute atomic E-state index is 0.0240. The van der Waals surface area contributed by atoms with Crippen LogP contribution >= 0.6 is 62.6 Å². The molecule has 4 aliphatic rings. The number of ether oxygens (including phenoxy) is 4. The van der Waals surface area contributed by atoms with Crippen molar-refractivity contribution in [2.75, 3.05) is 37.9 Å². The number of rotatable bonds is 22. The molecule has 8 rings (SSSR count). The van der Waals surface area contributed by atoms with Crippen LogP contribution < -0.4 is 60.4 Å². The van der Waals surface area contributed by atoms with E-state index < -0.39 is 200 Å². The lowest BCUT2D eigenvalue weighted by Crippen LogP contribution is -2.59. The average Bonchev–Trinajstić information content (AvgIpc) is 1.60. The summed E-state index contributed by atoms with van der Waals surface area (Å²) in [7, 11) is -45.8. The van der Waals surface area contributed by atoms with Gasteiger partial charge in [0.05, 0.1) is 54.7 Å². The second kappa shape index (κ2) is 32.2. The van der Waals surface area contributed by atoms with E-state index >= 15 is 0 Å². The first-order valence-electron chi connectivity index (χ1n) is 24.3. The highest BCUT2D eigenvalue weighted by Crippen LogP contribution is 2.62. The lowest BCUT2D eigenvalue weighted by atomic mass is 10.00. The molecule has 94 heavy (non-hydrogen) atoms. The van der Waals surface area contributed by atoms with Crippen LogP contribution in [0.1, 0.15) is 12.5 Å². The first-order valence-corrected chi connectivity index (χ1v) is 36.0. The molecule has 540 valence electrons. The molecule has 0 amide bonds. The van der Waals surface area contributed by atoms with Crippen LogP contribution in [0.2, 0.25) is 0 Å². The minimum atomic E-state index is -6.08. The number of imidazole rings is 2. The number of nitrogen functional groups attached to an aromatic ring is 2. The van der Waals surface area contributed by atoms with E-state index in [2.05, 4.69) is 70.0 Å². The summed E-state index contributed by atoms with van der Waals surface area (Å²) in [5.41, 5.74) is 11.9. The van der Waals surface area contributed by atoms with Gasteiger partial charge in [0.15, 0.2) is 48.0 Å². The third-order valence-electron chi connectivity index (χ3n) is 11.8. The van der Waals surface area contributed by atoms with Gasteiger partial charge in [0.2, 0.25) is 0 Å². The highest BCUT2D eigenvalue weighted by molar-refractivity contribution is 7.65. The van der Waals surface area contributed by atoms with Crippen LogP contribution in [0.25, 0.3) is 22.3 Å². The second-order valence-electron chi connectivity index (χ2n) is 18.4. The number of aromatic nitrogens is 8. The highest BCUT2D eigenvalue weighted by Gasteiger charge is 2.49. The summed E-state index contributed by atoms with van der Waals surface area (Å²) >= 11 is 0. The average molecular weight is 1520 g/mol. The van der Waals surface area contributed by atoms with Gasteiger partial charge in [-0.05, 0) is 0 Å². The number of phosphoric acid groups is 8. The maximum absolute atomic E-state index is 12.1. The van der Waals surface area contributed by atoms with Gasteiger partial charge in [0.25, 0.3) is 46.9 Å². The Hall–Kier alpha value is -2.90. The Morgan fingerprint density at radius 1 is 0.415 bits per heavy atom. The predicted molar refractivity (Wildman–Crippen MR) is 263 cm³/mol. The maximum atomic E-state index is 12.1. The summed E-state index contributed by atoms with van der Waals surface area (Å²) in [6.07, 6.45) is -26.3. The van der Waals surface area contributed by atoms with Crippen LogP contribution in [-0.2, 0) is 90.8 Å². The Morgan fingerprint density at radius 2 is 0.766 bits per heavy atom. The molecular weight excluding hydrogens is 1480 g/mol. The van der Waals surface area contributed by atoms with Crippen molar-refractivity contribution in [2.24, 2.45) is 0 Å². The van der Waals surface area contributed by atoms with Gasteiger partial charge in [-0.25, -0.2) is 42.8 Å². The molecule has 54 nitrogen and oxygen atoms in total. The Morgan fingerprint density at radius 3 is 1.10 bits per heavy atom. The van der Waals surface area contributed by atoms with Crippen LogP contribution in [0.15, 0.2) is 25.3 Å². The van der Waals surface area contributed by atoms with Crippen molar-refractivity contribution in [3.8, 4) is 0 Å². The van der Waals surface area contributed by atoms with E-state index in [1.54, 1.807) is 0 Å². The van der Waals surface area contributed by atoms with Crippen LogP contribution in [-0.4, -0.2) is 235 Å². The van der Waals surface area contributed by atoms with E-state index in [1.807, 2.05) is 0 Å². The summed E-state index contributed by atoms with van der Waals surface area (Å²) in [4.78, 5) is 145. The van der Waals surface area contributed by atoms with Crippen molar-refractivity contribution in [3.05, 3.63) is 25.3 Å². The number of anilines is 2. The van der Waals surface area contributed by atoms with Crippen molar-refractivity contribution in [2.45, 2.75) is 110 Å². The standard InChI is InChI=1S/C16H25N5O15P2.C10H16N5O13P3.C6H13O9P.H4O7P2/c17-13-7-14(19-3-18-13)21(4-20-7)15-11(26)9(24)6(33-15)2-32-37(28,29)36-38(30,31)35-16-12(27)10(25)8(23)5(1-22)34-16;11-8-5-9(13-2-12-8)15(3-14-5)10-7(17)6(16)4(26-10)1-25-30(21,22)28-31(23,24)27-29(18,19)20;7-1-2-3(8)4(9)5(10)6(14-2)15-16(11,12)13;1-8(2,3)7-9(4,5)6/h3-6,8-12,15-16,22-27H,1-2H2,(H,28,29)(H,30,31)(H2,17,18,19);2-4,6-7,10,16-17H,1H2,(H,21,22)(H,23,24)(H2,11,12,13)(H2,18,19,20);2-10H,1H2,(H2,11,12,13);(H2,1,2,3)(H2,4,5,6)/p-10/t5?,6-,8-,9+,10-,11?,12?,15-,16-;4-,6+,7?,10-;2?,3-,4-,5?,6-;/m111./s1. The van der Waals surface area contributed by atoms with Gasteiger partial charge in [-0.1, -0.05) is 0 Å². The molecule has 12 unspecified atom stereocenters. The van der Waals surface area contributed by atoms with Crippen molar-refractivity contribution < 1.29 is 211 Å². The second-order valence-corrected chi connectivity index (χ2v) is 29.2. The largest absolute Gasteiger partial charge is 0.790 e. The molecule has 4 aliphatic heterocycles. The molecule has 0 radical (unpaired) electrons. The first-order chi connectivity index (χ1) is 42.9. The van der Waals surface area contributed by atoms with Gasteiger partial charge < -0.3 is 173 Å². The number of hydrogen-bond acceptors (Lipinski definition) is 50. The van der Waals surface area contributed by atoms with Crippen LogP contribution in [0.4, 0.5) is 11.6 Å². The third kappa shape index (κ3) is 23.1. The molecule has 8 heterocycles. The molecule has 0 saturated carbocycles. The molecule has 0 aromatic carbocycles. The molecule has 0 spiro atoms. The van der Waals surface area contributed by atoms with E-state index in [0.717, 1.165) is 12.7 Å². The molecular formula is C32H48N10O44P8-10. The molecule has 4 saturated heterocycles. The van der Waals surface area contributed by atoms with Gasteiger partial charge in [-0.2, -0.15) is 0 Å². The van der Waals surface area contributed by atoms with E-state index in [1.165, 1.54) is 21.8 Å². The van der Waals surface area contributed by atoms with Crippen molar-refractivity contribution >= 4 is 96.5 Å². The number of nitrogens with two attached hydrogens (primary N) is 2. The van der Waals surface area contributed by atoms with E-state index in [4.69, 9.17) is 45.7 Å². The van der Waals surface area contributed by atoms with Crippen LogP contribution in [0, 0.1) is 0 Å². The normalized spacial score (nSPS) is 33.7. The molecule has 24 atom stereocenters. The fourth-order valence-corrected chi connectivity index (χ4v) is 14.2. The Kier molecular flexibility index (Phi) is 28.0. The summed E-state index contributed by atoms with van der Waals surface area (Å²) < 4.78 is 139. The minimum Gasteiger partial charge on any atom is -0.790 e. The summed E-state index contributed by atoms with van der Waals surface area (Å²) in [5.74, 6) is 0.0509. The fraction of sp³-hybridized carbons (Fsp3) is 0.688. The molecule has 0 bridgehead atoms. The fourth-order valence-electron chi connectivity index (χ4n) is 7.78. The quantitative estimate of drug-likeness (QED) is 0.0325. The van der Waals surface area contributed by atoms with Gasteiger partial charge in [-0.15, -0.1) is 0 Å². The number of fused-ring (bicyclic) bond motifs is 2. The highest BCUT2D eigenvalue weighted by atomic mass is 31.3. The van der Waals surface area contributed by atoms with Crippen molar-refractivity contribution in [1.82, 2.24) is 39.0 Å². The summed E-state index contributed by atoms with van der Waals surface area (Å²) in [6, 6.07) is 0. The molecule has 4 aromatic heterocycles. The lowest BCUT2D eigenvalue weighted by molar-refractivity contribution is -0.369. The van der Waals surface area contributed by atoms with Gasteiger partial charge in [-0.3, -0.25) is 45.4 Å². The number of hydrogen-bond donors (Lipinski definition) is 16. The molecule has 18 N–H and O–H groups in total. The molecule has 4 aromatic rings. The number of aliphatic hydroxyl groups excluding tert-OH is 12. The van der Waals surface area contributed by atoms with Crippen LogP contribution in [0.5, 0.6) is 0 Å². The van der Waals surface area contributed by atoms with Crippen molar-refractivity contribution in [1.29, 1.82) is 0 Å². The van der Waals surface area contributed by atoms with E-state index in [-0.39, 0.29) is 34.0 Å². The zero-order valence-electron chi connectivity index (χ0n) is 45.3. The molecule has 62 heteroatoms. The van der Waals surface area contributed by atoms with Crippen molar-refractivity contribution in [3.63, 3.8) is 0 Å². The Balaban J connectivity index is 0.000000254. The number of nitrogens with zero attached hydrogens (tertiary/aromatic N) is 8. The topological polar surface area (TPSA) is 900 Å². The maximum Gasteiger partial charge on any atom is 0.280 e. The summed E-state index contributed by atoms with van der Waals surface area (Å²) in [5, 5.41) is 116. The smallest absolute Gasteiger partial charge is 0.280 e. The summed E-state index contributed by atoms with van der Waals surface area (Å²) in [6.45, 7) is -3.75. The monoisotopic (exact) mass is 1520 g/mol. The predicted octanol–water partition coefficient (Wildman–Crippen LogP) is -15.8. The lowest BCUT2D eigenvalue weighted by Gasteiger charge is -2.43. The first kappa shape index (κ1) is 81.8. The van der Waals surface area contributed by atoms with Crippen LogP contribution in [0.3, 0.4) is 0 Å². The SMILES string of the molecule is Nc1ncnc2c1ncn2[C@@H]1O[C@H](COP(=O)([O-])OP(=O)([O-])OP(=O)([O-])O)[C@H](O)C1O.Nc1ncnc2c1ncn2[C@@H]1O[C@H](COP(=O)([O-])OP(=O)([O-])O[C@H]2OC(CO)[C@@H](O)[C@@H](O)C2O)[C@H](O)C1O.O=P([O-])([O-])OP(=O)([O-])O.O=P([O-])([O-])O[C@H]1OC(CO)[C@@H](O)[C@@H](O)C1O. The Labute approximate surface area is 519 Å². The third-order valence-corrected chi connectivity index (χ3v) is 20.1. The van der Waals surface area contributed by atoms with Gasteiger partial charge >= 0.3 is 0 Å². The number of aliphatic hydroxyl groups is 12. The zero-order valence-corrected chi connectivity index (χ0v) is 52.5.